The molecule has 126 valence electrons. The van der Waals surface area contributed by atoms with Crippen LogP contribution in [0, 0.1) is 10.1 Å². The second-order valence-corrected chi connectivity index (χ2v) is 6.11. The summed E-state index contributed by atoms with van der Waals surface area (Å²) in [5, 5.41) is 11.7. The van der Waals surface area contributed by atoms with E-state index in [2.05, 4.69) is 0 Å². The number of halogens is 1. The Hall–Kier alpha value is -2.25. The summed E-state index contributed by atoms with van der Waals surface area (Å²) in [5.41, 5.74) is 0.707. The summed E-state index contributed by atoms with van der Waals surface area (Å²) >= 11 is 7.15. The van der Waals surface area contributed by atoms with E-state index in [0.29, 0.717) is 16.5 Å². The molecule has 0 aliphatic rings. The van der Waals surface area contributed by atoms with Gasteiger partial charge in [-0.05, 0) is 29.8 Å². The highest BCUT2D eigenvalue weighted by Gasteiger charge is 2.19. The van der Waals surface area contributed by atoms with Crippen molar-refractivity contribution in [2.24, 2.45) is 0 Å². The average molecular weight is 368 g/mol. The molecule has 2 aromatic rings. The lowest BCUT2D eigenvalue weighted by Crippen LogP contribution is -2.12. The molecule has 2 aromatic carbocycles. The van der Waals surface area contributed by atoms with Gasteiger partial charge in [0.2, 0.25) is 5.75 Å². The fourth-order valence-electron chi connectivity index (χ4n) is 1.84. The molecule has 0 saturated carbocycles. The van der Waals surface area contributed by atoms with E-state index in [9.17, 15) is 14.9 Å². The lowest BCUT2D eigenvalue weighted by Gasteiger charge is -2.07. The lowest BCUT2D eigenvalue weighted by atomic mass is 10.2. The first-order chi connectivity index (χ1) is 11.5. The SMILES string of the molecule is COc1ccc(OC(=O)CSCc2ccc(Cl)cc2)c([N+](=O)[O-])c1. The smallest absolute Gasteiger partial charge is 0.321 e. The van der Waals surface area contributed by atoms with Crippen LogP contribution in [0.3, 0.4) is 0 Å². The first-order valence-corrected chi connectivity index (χ1v) is 8.38. The molecule has 0 radical (unpaired) electrons. The van der Waals surface area contributed by atoms with Gasteiger partial charge in [0.1, 0.15) is 5.75 Å². The molecule has 0 heterocycles. The topological polar surface area (TPSA) is 78.7 Å². The van der Waals surface area contributed by atoms with E-state index in [4.69, 9.17) is 21.1 Å². The van der Waals surface area contributed by atoms with Gasteiger partial charge in [-0.25, -0.2) is 0 Å². The zero-order chi connectivity index (χ0) is 17.5. The first-order valence-electron chi connectivity index (χ1n) is 6.85. The number of ether oxygens (including phenoxy) is 2. The fraction of sp³-hybridized carbons (Fsp3) is 0.188. The summed E-state index contributed by atoms with van der Waals surface area (Å²) < 4.78 is 10.0. The van der Waals surface area contributed by atoms with Gasteiger partial charge in [0.25, 0.3) is 0 Å². The van der Waals surface area contributed by atoms with Crippen molar-refractivity contribution in [2.75, 3.05) is 12.9 Å². The monoisotopic (exact) mass is 367 g/mol. The molecule has 0 amide bonds. The van der Waals surface area contributed by atoms with E-state index < -0.39 is 10.9 Å². The minimum Gasteiger partial charge on any atom is -0.496 e. The standard InChI is InChI=1S/C16H14ClNO5S/c1-22-13-6-7-15(14(8-13)18(20)21)23-16(19)10-24-9-11-2-4-12(17)5-3-11/h2-8H,9-10H2,1H3. The molecule has 2 rings (SSSR count). The molecule has 0 aliphatic heterocycles. The molecule has 0 spiro atoms. The molecule has 6 nitrogen and oxygen atoms in total. The zero-order valence-corrected chi connectivity index (χ0v) is 14.3. The van der Waals surface area contributed by atoms with Crippen molar-refractivity contribution in [1.82, 2.24) is 0 Å². The van der Waals surface area contributed by atoms with Crippen molar-refractivity contribution < 1.29 is 19.2 Å². The number of benzene rings is 2. The van der Waals surface area contributed by atoms with Crippen molar-refractivity contribution >= 4 is 35.0 Å². The largest absolute Gasteiger partial charge is 0.496 e. The summed E-state index contributed by atoms with van der Waals surface area (Å²) in [6, 6.07) is 11.3. The van der Waals surface area contributed by atoms with Crippen LogP contribution < -0.4 is 9.47 Å². The Morgan fingerprint density at radius 1 is 1.25 bits per heavy atom. The Kier molecular flexibility index (Phi) is 6.45. The van der Waals surface area contributed by atoms with Gasteiger partial charge in [0.15, 0.2) is 0 Å². The van der Waals surface area contributed by atoms with Crippen LogP contribution >= 0.6 is 23.4 Å². The predicted molar refractivity (Wildman–Crippen MR) is 92.9 cm³/mol. The van der Waals surface area contributed by atoms with E-state index in [1.54, 1.807) is 12.1 Å². The average Bonchev–Trinajstić information content (AvgIpc) is 2.57. The maximum absolute atomic E-state index is 11.9. The van der Waals surface area contributed by atoms with Gasteiger partial charge in [-0.1, -0.05) is 23.7 Å². The van der Waals surface area contributed by atoms with Crippen molar-refractivity contribution in [1.29, 1.82) is 0 Å². The summed E-state index contributed by atoms with van der Waals surface area (Å²) in [7, 11) is 1.40. The number of thioether (sulfide) groups is 1. The molecule has 0 bridgehead atoms. The lowest BCUT2D eigenvalue weighted by molar-refractivity contribution is -0.385. The maximum atomic E-state index is 11.9. The Morgan fingerprint density at radius 3 is 2.58 bits per heavy atom. The van der Waals surface area contributed by atoms with E-state index in [0.717, 1.165) is 5.56 Å². The van der Waals surface area contributed by atoms with Gasteiger partial charge >= 0.3 is 11.7 Å². The van der Waals surface area contributed by atoms with Crippen molar-refractivity contribution in [2.45, 2.75) is 5.75 Å². The highest BCUT2D eigenvalue weighted by atomic mass is 35.5. The third kappa shape index (κ3) is 5.14. The van der Waals surface area contributed by atoms with E-state index >= 15 is 0 Å². The van der Waals surface area contributed by atoms with Crippen LogP contribution in [-0.2, 0) is 10.5 Å². The van der Waals surface area contributed by atoms with Gasteiger partial charge < -0.3 is 9.47 Å². The van der Waals surface area contributed by atoms with E-state index in [1.165, 1.54) is 37.1 Å². The highest BCUT2D eigenvalue weighted by molar-refractivity contribution is 7.99. The molecule has 0 N–H and O–H groups in total. The maximum Gasteiger partial charge on any atom is 0.321 e. The number of nitro groups is 1. The molecule has 0 fully saturated rings. The van der Waals surface area contributed by atoms with E-state index in [1.807, 2.05) is 12.1 Å². The summed E-state index contributed by atoms with van der Waals surface area (Å²) in [6.07, 6.45) is 0. The number of carbonyl (C=O) groups is 1. The minimum absolute atomic E-state index is 0.0752. The molecule has 0 atom stereocenters. The van der Waals surface area contributed by atoms with Crippen LogP contribution in [0.4, 0.5) is 5.69 Å². The molecule has 8 heteroatoms. The second kappa shape index (κ2) is 8.56. The molecule has 0 saturated heterocycles. The van der Waals surface area contributed by atoms with Crippen LogP contribution in [0.25, 0.3) is 0 Å². The van der Waals surface area contributed by atoms with E-state index in [-0.39, 0.29) is 17.2 Å². The summed E-state index contributed by atoms with van der Waals surface area (Å²) in [6.45, 7) is 0. The number of nitrogens with zero attached hydrogens (tertiary/aromatic N) is 1. The van der Waals surface area contributed by atoms with Gasteiger partial charge in [-0.3, -0.25) is 14.9 Å². The third-order valence-corrected chi connectivity index (χ3v) is 4.22. The number of hydrogen-bond acceptors (Lipinski definition) is 6. The Morgan fingerprint density at radius 2 is 1.96 bits per heavy atom. The number of hydrogen-bond donors (Lipinski definition) is 0. The molecule has 0 aliphatic carbocycles. The van der Waals surface area contributed by atoms with Crippen LogP contribution in [0.1, 0.15) is 5.56 Å². The predicted octanol–water partition coefficient (Wildman–Crippen LogP) is 4.10. The number of methoxy groups -OCH3 is 1. The number of rotatable bonds is 7. The summed E-state index contributed by atoms with van der Waals surface area (Å²) in [5.74, 6) is 0.349. The van der Waals surface area contributed by atoms with Gasteiger partial charge in [-0.2, -0.15) is 0 Å². The van der Waals surface area contributed by atoms with Gasteiger partial charge in [0.05, 0.1) is 23.9 Å². The number of nitro benzene ring substituents is 1. The minimum atomic E-state index is -0.619. The van der Waals surface area contributed by atoms with Crippen LogP contribution in [0.15, 0.2) is 42.5 Å². The zero-order valence-electron chi connectivity index (χ0n) is 12.7. The Labute approximate surface area is 147 Å². The number of esters is 1. The molecule has 24 heavy (non-hydrogen) atoms. The quantitative estimate of drug-likeness (QED) is 0.317. The Balaban J connectivity index is 1.92. The molecular weight excluding hydrogens is 354 g/mol. The third-order valence-electron chi connectivity index (χ3n) is 2.99. The number of carbonyl (C=O) groups excluding carboxylic acids is 1. The fourth-order valence-corrected chi connectivity index (χ4v) is 2.72. The van der Waals surface area contributed by atoms with Gasteiger partial charge in [-0.15, -0.1) is 11.8 Å². The molecular formula is C16H14ClNO5S. The second-order valence-electron chi connectivity index (χ2n) is 4.68. The van der Waals surface area contributed by atoms with Gasteiger partial charge in [0, 0.05) is 10.8 Å². The Bertz CT molecular complexity index is 736. The van der Waals surface area contributed by atoms with Crippen LogP contribution in [-0.4, -0.2) is 23.8 Å². The molecule has 0 aromatic heterocycles. The van der Waals surface area contributed by atoms with Crippen molar-refractivity contribution in [3.05, 3.63) is 63.2 Å². The van der Waals surface area contributed by atoms with Crippen molar-refractivity contribution in [3.63, 3.8) is 0 Å². The van der Waals surface area contributed by atoms with Crippen LogP contribution in [0.5, 0.6) is 11.5 Å². The summed E-state index contributed by atoms with van der Waals surface area (Å²) in [4.78, 5) is 22.3. The normalized spacial score (nSPS) is 10.2. The first kappa shape index (κ1) is 18.1. The highest BCUT2D eigenvalue weighted by Crippen LogP contribution is 2.31. The molecule has 0 unspecified atom stereocenters. The van der Waals surface area contributed by atoms with Crippen LogP contribution in [0.2, 0.25) is 5.02 Å². The van der Waals surface area contributed by atoms with Crippen molar-refractivity contribution in [3.8, 4) is 11.5 Å².